The minimum atomic E-state index is -4.11. The summed E-state index contributed by atoms with van der Waals surface area (Å²) in [6, 6.07) is 19.8. The molecule has 3 aromatic rings. The molecule has 0 heterocycles. The third kappa shape index (κ3) is 8.28. The minimum absolute atomic E-state index is 0.0400. The molecule has 0 spiro atoms. The summed E-state index contributed by atoms with van der Waals surface area (Å²) < 4.78 is 48.4. The van der Waals surface area contributed by atoms with E-state index < -0.39 is 28.4 Å². The van der Waals surface area contributed by atoms with Gasteiger partial charge >= 0.3 is 5.97 Å². The Hall–Kier alpha value is -4.42. The van der Waals surface area contributed by atoms with E-state index in [0.717, 1.165) is 4.31 Å². The monoisotopic (exact) mass is 555 g/mol. The molecule has 206 valence electrons. The number of hydrazone groups is 1. The van der Waals surface area contributed by atoms with Crippen LogP contribution in [0.15, 0.2) is 82.8 Å². The molecule has 0 aliphatic rings. The van der Waals surface area contributed by atoms with Gasteiger partial charge < -0.3 is 18.9 Å². The molecule has 0 fully saturated rings. The first-order valence-corrected chi connectivity index (χ1v) is 13.1. The highest BCUT2D eigenvalue weighted by atomic mass is 32.2. The highest BCUT2D eigenvalue weighted by molar-refractivity contribution is 7.89. The Bertz CT molecular complexity index is 1390. The van der Waals surface area contributed by atoms with Crippen molar-refractivity contribution in [1.29, 1.82) is 0 Å². The number of nitrogens with zero attached hydrogens (tertiary/aromatic N) is 2. The molecule has 0 unspecified atom stereocenters. The van der Waals surface area contributed by atoms with Gasteiger partial charge in [0.05, 0.1) is 39.0 Å². The van der Waals surface area contributed by atoms with E-state index in [1.807, 2.05) is 6.07 Å². The number of ether oxygens (including phenoxy) is 4. The average Bonchev–Trinajstić information content (AvgIpc) is 2.96. The summed E-state index contributed by atoms with van der Waals surface area (Å²) in [5, 5.41) is 3.93. The van der Waals surface area contributed by atoms with Crippen LogP contribution in [0.2, 0.25) is 0 Å². The summed E-state index contributed by atoms with van der Waals surface area (Å²) in [6.45, 7) is -0.739. The Labute approximate surface area is 227 Å². The van der Waals surface area contributed by atoms with Crippen LogP contribution in [0.1, 0.15) is 11.1 Å². The van der Waals surface area contributed by atoms with E-state index >= 15 is 0 Å². The fourth-order valence-corrected chi connectivity index (χ4v) is 4.76. The average molecular weight is 556 g/mol. The number of methoxy groups -OCH3 is 3. The van der Waals surface area contributed by atoms with E-state index in [4.69, 9.17) is 14.2 Å². The molecular formula is C27H29N3O8S. The number of nitrogens with one attached hydrogen (secondary N) is 1. The Kier molecular flexibility index (Phi) is 10.4. The second-order valence-corrected chi connectivity index (χ2v) is 9.94. The first-order chi connectivity index (χ1) is 18.8. The lowest BCUT2D eigenvalue weighted by Gasteiger charge is -2.22. The molecule has 0 aliphatic carbocycles. The van der Waals surface area contributed by atoms with Crippen molar-refractivity contribution in [1.82, 2.24) is 9.73 Å². The topological polar surface area (TPSA) is 133 Å². The van der Waals surface area contributed by atoms with Crippen LogP contribution in [0.4, 0.5) is 0 Å². The third-order valence-corrected chi connectivity index (χ3v) is 7.17. The van der Waals surface area contributed by atoms with Crippen molar-refractivity contribution >= 4 is 28.1 Å². The van der Waals surface area contributed by atoms with Gasteiger partial charge in [-0.3, -0.25) is 4.79 Å². The van der Waals surface area contributed by atoms with Gasteiger partial charge in [-0.2, -0.15) is 9.41 Å². The summed E-state index contributed by atoms with van der Waals surface area (Å²) in [7, 11) is 0.0181. The van der Waals surface area contributed by atoms with Gasteiger partial charge in [-0.05, 0) is 47.5 Å². The number of hydrogen-bond acceptors (Lipinski definition) is 9. The zero-order chi connectivity index (χ0) is 28.3. The SMILES string of the molecule is COC(=O)COc1ccc(/C=N/NC(=O)CN(Cc2ccccc2)S(=O)(=O)c2ccc(OC)c(OC)c2)cc1. The number of esters is 1. The highest BCUT2D eigenvalue weighted by Crippen LogP contribution is 2.31. The zero-order valence-corrected chi connectivity index (χ0v) is 22.5. The molecule has 3 aromatic carbocycles. The van der Waals surface area contributed by atoms with E-state index in [-0.39, 0.29) is 23.8 Å². The fraction of sp³-hybridized carbons (Fsp3) is 0.222. The quantitative estimate of drug-likeness (QED) is 0.193. The third-order valence-electron chi connectivity index (χ3n) is 5.38. The number of benzene rings is 3. The molecule has 0 saturated heterocycles. The smallest absolute Gasteiger partial charge is 0.343 e. The van der Waals surface area contributed by atoms with Crippen molar-refractivity contribution in [2.24, 2.45) is 5.10 Å². The van der Waals surface area contributed by atoms with E-state index in [0.29, 0.717) is 22.6 Å². The first-order valence-electron chi connectivity index (χ1n) is 11.6. The zero-order valence-electron chi connectivity index (χ0n) is 21.7. The summed E-state index contributed by atoms with van der Waals surface area (Å²) >= 11 is 0. The van der Waals surface area contributed by atoms with E-state index in [2.05, 4.69) is 15.3 Å². The molecule has 0 radical (unpaired) electrons. The molecule has 0 atom stereocenters. The molecule has 3 rings (SSSR count). The highest BCUT2D eigenvalue weighted by Gasteiger charge is 2.28. The molecule has 1 amide bonds. The Morgan fingerprint density at radius 1 is 0.923 bits per heavy atom. The van der Waals surface area contributed by atoms with Gasteiger partial charge in [0, 0.05) is 12.6 Å². The van der Waals surface area contributed by atoms with E-state index in [9.17, 15) is 18.0 Å². The summed E-state index contributed by atoms with van der Waals surface area (Å²) in [6.07, 6.45) is 1.40. The minimum Gasteiger partial charge on any atom is -0.493 e. The molecule has 12 heteroatoms. The summed E-state index contributed by atoms with van der Waals surface area (Å²) in [4.78, 5) is 23.8. The summed E-state index contributed by atoms with van der Waals surface area (Å²) in [5.74, 6) is -0.0595. The predicted octanol–water partition coefficient (Wildman–Crippen LogP) is 2.60. The second kappa shape index (κ2) is 13.9. The van der Waals surface area contributed by atoms with Crippen LogP contribution in [-0.4, -0.2) is 65.3 Å². The maximum absolute atomic E-state index is 13.6. The van der Waals surface area contributed by atoms with Gasteiger partial charge in [-0.1, -0.05) is 30.3 Å². The number of rotatable bonds is 13. The lowest BCUT2D eigenvalue weighted by Crippen LogP contribution is -2.39. The molecule has 0 saturated carbocycles. The Morgan fingerprint density at radius 3 is 2.26 bits per heavy atom. The molecule has 39 heavy (non-hydrogen) atoms. The largest absolute Gasteiger partial charge is 0.493 e. The van der Waals surface area contributed by atoms with Crippen LogP contribution in [0.25, 0.3) is 0 Å². The molecule has 0 aromatic heterocycles. The maximum atomic E-state index is 13.6. The molecule has 0 bridgehead atoms. The van der Waals surface area contributed by atoms with Crippen molar-refractivity contribution < 1.29 is 37.0 Å². The lowest BCUT2D eigenvalue weighted by molar-refractivity contribution is -0.142. The molecule has 11 nitrogen and oxygen atoms in total. The number of sulfonamides is 1. The van der Waals surface area contributed by atoms with Crippen molar-refractivity contribution in [2.45, 2.75) is 11.4 Å². The molecule has 0 aliphatic heterocycles. The van der Waals surface area contributed by atoms with Crippen molar-refractivity contribution in [2.75, 3.05) is 34.5 Å². The predicted molar refractivity (Wildman–Crippen MR) is 143 cm³/mol. The normalized spacial score (nSPS) is 11.3. The standard InChI is InChI=1S/C27H29N3O8S/c1-35-24-14-13-23(15-25(24)36-2)39(33,34)30(17-21-7-5-4-6-8-21)18-26(31)29-28-16-20-9-11-22(12-10-20)38-19-27(32)37-3/h4-16H,17-19H2,1-3H3,(H,29,31)/b28-16+. The van der Waals surface area contributed by atoms with Gasteiger partial charge in [-0.15, -0.1) is 0 Å². The van der Waals surface area contributed by atoms with Crippen LogP contribution < -0.4 is 19.6 Å². The Morgan fingerprint density at radius 2 is 1.62 bits per heavy atom. The van der Waals surface area contributed by atoms with Crippen LogP contribution in [0.5, 0.6) is 17.2 Å². The van der Waals surface area contributed by atoms with Crippen LogP contribution in [0, 0.1) is 0 Å². The van der Waals surface area contributed by atoms with Gasteiger partial charge in [0.15, 0.2) is 18.1 Å². The molecular weight excluding hydrogens is 526 g/mol. The lowest BCUT2D eigenvalue weighted by atomic mass is 10.2. The number of hydrogen-bond donors (Lipinski definition) is 1. The van der Waals surface area contributed by atoms with Crippen LogP contribution in [0.3, 0.4) is 0 Å². The van der Waals surface area contributed by atoms with E-state index in [1.165, 1.54) is 45.7 Å². The van der Waals surface area contributed by atoms with Crippen molar-refractivity contribution in [3.05, 3.63) is 83.9 Å². The fourth-order valence-electron chi connectivity index (χ4n) is 3.36. The van der Waals surface area contributed by atoms with Gasteiger partial charge in [0.2, 0.25) is 10.0 Å². The summed E-state index contributed by atoms with van der Waals surface area (Å²) in [5.41, 5.74) is 3.70. The Balaban J connectivity index is 1.72. The van der Waals surface area contributed by atoms with Gasteiger partial charge in [-0.25, -0.2) is 18.6 Å². The molecule has 1 N–H and O–H groups in total. The van der Waals surface area contributed by atoms with Crippen LogP contribution in [-0.2, 0) is 30.9 Å². The first kappa shape index (κ1) is 29.1. The number of carbonyl (C=O) groups excluding carboxylic acids is 2. The maximum Gasteiger partial charge on any atom is 0.343 e. The van der Waals surface area contributed by atoms with Gasteiger partial charge in [0.1, 0.15) is 5.75 Å². The van der Waals surface area contributed by atoms with Crippen LogP contribution >= 0.6 is 0 Å². The second-order valence-electron chi connectivity index (χ2n) is 8.00. The van der Waals surface area contributed by atoms with Crippen molar-refractivity contribution in [3.8, 4) is 17.2 Å². The number of carbonyl (C=O) groups is 2. The van der Waals surface area contributed by atoms with E-state index in [1.54, 1.807) is 48.5 Å². The van der Waals surface area contributed by atoms with Crippen molar-refractivity contribution in [3.63, 3.8) is 0 Å². The van der Waals surface area contributed by atoms with Gasteiger partial charge in [0.25, 0.3) is 5.91 Å². The number of amides is 1.